The quantitative estimate of drug-likeness (QED) is 0.618. The number of hydrogen-bond donors (Lipinski definition) is 0. The Labute approximate surface area is 112 Å². The Kier molecular flexibility index (Phi) is 3.38. The molecule has 2 aliphatic rings. The maximum Gasteiger partial charge on any atom is 0.269 e. The second kappa shape index (κ2) is 5.17. The van der Waals surface area contributed by atoms with Gasteiger partial charge in [0.1, 0.15) is 12.4 Å². The molecule has 0 spiro atoms. The van der Waals surface area contributed by atoms with Gasteiger partial charge in [-0.3, -0.25) is 15.0 Å². The van der Waals surface area contributed by atoms with Crippen LogP contribution in [-0.2, 0) is 0 Å². The molecule has 2 aliphatic heterocycles. The summed E-state index contributed by atoms with van der Waals surface area (Å²) in [6.07, 6.45) is 5.12. The molecule has 1 aromatic carbocycles. The molecule has 1 aromatic rings. The van der Waals surface area contributed by atoms with Gasteiger partial charge in [0, 0.05) is 24.2 Å². The molecule has 0 aromatic heterocycles. The van der Waals surface area contributed by atoms with Gasteiger partial charge in [-0.05, 0) is 44.4 Å². The van der Waals surface area contributed by atoms with Crippen LogP contribution in [0.4, 0.5) is 5.69 Å². The Morgan fingerprint density at radius 3 is 2.79 bits per heavy atom. The lowest BCUT2D eigenvalue weighted by Gasteiger charge is -2.23. The van der Waals surface area contributed by atoms with Crippen LogP contribution >= 0.6 is 0 Å². The number of hydrogen-bond acceptors (Lipinski definition) is 4. The van der Waals surface area contributed by atoms with Gasteiger partial charge < -0.3 is 4.74 Å². The molecule has 2 unspecified atom stereocenters. The van der Waals surface area contributed by atoms with Crippen molar-refractivity contribution < 1.29 is 9.66 Å². The van der Waals surface area contributed by atoms with E-state index in [-0.39, 0.29) is 5.69 Å². The zero-order valence-corrected chi connectivity index (χ0v) is 10.8. The van der Waals surface area contributed by atoms with Gasteiger partial charge in [-0.25, -0.2) is 0 Å². The Morgan fingerprint density at radius 2 is 2.05 bits per heavy atom. The molecule has 2 saturated heterocycles. The molecule has 2 atom stereocenters. The first kappa shape index (κ1) is 12.4. The number of ether oxygens (including phenoxy) is 1. The molecular weight excluding hydrogens is 244 g/mol. The minimum absolute atomic E-state index is 0.104. The van der Waals surface area contributed by atoms with E-state index in [1.165, 1.54) is 44.4 Å². The first-order valence-electron chi connectivity index (χ1n) is 6.87. The molecule has 2 fully saturated rings. The fourth-order valence-corrected chi connectivity index (χ4v) is 3.23. The van der Waals surface area contributed by atoms with E-state index < -0.39 is 4.92 Å². The van der Waals surface area contributed by atoms with Crippen molar-refractivity contribution in [1.29, 1.82) is 0 Å². The van der Waals surface area contributed by atoms with Gasteiger partial charge in [-0.1, -0.05) is 0 Å². The summed E-state index contributed by atoms with van der Waals surface area (Å²) < 4.78 is 5.77. The number of benzene rings is 1. The van der Waals surface area contributed by atoms with Crippen molar-refractivity contribution in [1.82, 2.24) is 4.90 Å². The van der Waals surface area contributed by atoms with Crippen molar-refractivity contribution in [2.24, 2.45) is 0 Å². The van der Waals surface area contributed by atoms with E-state index in [0.717, 1.165) is 6.04 Å². The second-order valence-electron chi connectivity index (χ2n) is 5.33. The van der Waals surface area contributed by atoms with Gasteiger partial charge >= 0.3 is 0 Å². The molecule has 5 nitrogen and oxygen atoms in total. The highest BCUT2D eigenvalue weighted by Gasteiger charge is 2.36. The number of fused-ring (bicyclic) bond motifs is 1. The molecule has 0 radical (unpaired) electrons. The molecule has 0 N–H and O–H groups in total. The minimum Gasteiger partial charge on any atom is -0.492 e. The summed E-state index contributed by atoms with van der Waals surface area (Å²) in [6, 6.07) is 7.61. The predicted molar refractivity (Wildman–Crippen MR) is 71.3 cm³/mol. The van der Waals surface area contributed by atoms with E-state index >= 15 is 0 Å². The molecule has 102 valence electrons. The Morgan fingerprint density at radius 1 is 1.26 bits per heavy atom. The van der Waals surface area contributed by atoms with E-state index in [9.17, 15) is 10.1 Å². The van der Waals surface area contributed by atoms with Crippen molar-refractivity contribution in [3.63, 3.8) is 0 Å². The molecule has 0 bridgehead atoms. The molecule has 0 saturated carbocycles. The van der Waals surface area contributed by atoms with Crippen LogP contribution in [0.2, 0.25) is 0 Å². The number of rotatable bonds is 4. The lowest BCUT2D eigenvalue weighted by Crippen LogP contribution is -2.35. The van der Waals surface area contributed by atoms with Crippen LogP contribution < -0.4 is 4.74 Å². The Bertz CT molecular complexity index is 460. The first-order chi connectivity index (χ1) is 9.24. The molecule has 2 heterocycles. The van der Waals surface area contributed by atoms with Crippen LogP contribution in [0.3, 0.4) is 0 Å². The Balaban J connectivity index is 1.56. The molecule has 3 rings (SSSR count). The fraction of sp³-hybridized carbons (Fsp3) is 0.571. The van der Waals surface area contributed by atoms with E-state index in [1.807, 2.05) is 0 Å². The second-order valence-corrected chi connectivity index (χ2v) is 5.33. The average molecular weight is 262 g/mol. The molecule has 5 heteroatoms. The third-order valence-electron chi connectivity index (χ3n) is 4.21. The lowest BCUT2D eigenvalue weighted by atomic mass is 10.1. The monoisotopic (exact) mass is 262 g/mol. The van der Waals surface area contributed by atoms with E-state index in [0.29, 0.717) is 18.4 Å². The summed E-state index contributed by atoms with van der Waals surface area (Å²) in [4.78, 5) is 12.7. The highest BCUT2D eigenvalue weighted by atomic mass is 16.6. The normalized spacial score (nSPS) is 26.3. The number of nitrogens with zero attached hydrogens (tertiary/aromatic N) is 2. The summed E-state index contributed by atoms with van der Waals surface area (Å²) in [5.41, 5.74) is 0.104. The summed E-state index contributed by atoms with van der Waals surface area (Å²) in [6.45, 7) is 1.88. The molecule has 0 aliphatic carbocycles. The standard InChI is InChI=1S/C14H18N2O3/c17-16(18)12-5-7-14(8-6-12)19-10-13-4-3-11-2-1-9-15(11)13/h5-8,11,13H,1-4,9-10H2. The maximum absolute atomic E-state index is 10.6. The molecule has 0 amide bonds. The van der Waals surface area contributed by atoms with Gasteiger partial charge in [0.25, 0.3) is 5.69 Å². The zero-order valence-electron chi connectivity index (χ0n) is 10.8. The highest BCUT2D eigenvalue weighted by molar-refractivity contribution is 5.35. The van der Waals surface area contributed by atoms with Crippen LogP contribution in [0.15, 0.2) is 24.3 Å². The van der Waals surface area contributed by atoms with Crippen LogP contribution in [0.5, 0.6) is 5.75 Å². The van der Waals surface area contributed by atoms with E-state index in [2.05, 4.69) is 4.90 Å². The van der Waals surface area contributed by atoms with Crippen LogP contribution in [0.1, 0.15) is 25.7 Å². The van der Waals surface area contributed by atoms with E-state index in [4.69, 9.17) is 4.74 Å². The minimum atomic E-state index is -0.393. The Hall–Kier alpha value is -1.62. The van der Waals surface area contributed by atoms with E-state index in [1.54, 1.807) is 12.1 Å². The third kappa shape index (κ3) is 2.56. The lowest BCUT2D eigenvalue weighted by molar-refractivity contribution is -0.384. The highest BCUT2D eigenvalue weighted by Crippen LogP contribution is 2.32. The topological polar surface area (TPSA) is 55.6 Å². The third-order valence-corrected chi connectivity index (χ3v) is 4.21. The van der Waals surface area contributed by atoms with Crippen LogP contribution in [0.25, 0.3) is 0 Å². The summed E-state index contributed by atoms with van der Waals surface area (Å²) >= 11 is 0. The zero-order chi connectivity index (χ0) is 13.2. The van der Waals surface area contributed by atoms with Crippen molar-refractivity contribution >= 4 is 5.69 Å². The SMILES string of the molecule is O=[N+]([O-])c1ccc(OCC2CCC3CCCN32)cc1. The number of nitro benzene ring substituents is 1. The van der Waals surface area contributed by atoms with Crippen LogP contribution in [0, 0.1) is 10.1 Å². The van der Waals surface area contributed by atoms with Gasteiger partial charge in [0.2, 0.25) is 0 Å². The van der Waals surface area contributed by atoms with Crippen molar-refractivity contribution in [2.45, 2.75) is 37.8 Å². The smallest absolute Gasteiger partial charge is 0.269 e. The summed E-state index contributed by atoms with van der Waals surface area (Å²) in [5, 5.41) is 10.6. The van der Waals surface area contributed by atoms with Gasteiger partial charge in [-0.2, -0.15) is 0 Å². The van der Waals surface area contributed by atoms with Gasteiger partial charge in [0.15, 0.2) is 0 Å². The number of nitro groups is 1. The largest absolute Gasteiger partial charge is 0.492 e. The first-order valence-corrected chi connectivity index (χ1v) is 6.87. The van der Waals surface area contributed by atoms with Crippen LogP contribution in [-0.4, -0.2) is 35.1 Å². The van der Waals surface area contributed by atoms with Crippen molar-refractivity contribution in [2.75, 3.05) is 13.2 Å². The molecular formula is C14H18N2O3. The summed E-state index contributed by atoms with van der Waals surface area (Å²) in [7, 11) is 0. The van der Waals surface area contributed by atoms with Gasteiger partial charge in [0.05, 0.1) is 4.92 Å². The number of non-ortho nitro benzene ring substituents is 1. The van der Waals surface area contributed by atoms with Crippen molar-refractivity contribution in [3.05, 3.63) is 34.4 Å². The predicted octanol–water partition coefficient (Wildman–Crippen LogP) is 2.60. The average Bonchev–Trinajstić information content (AvgIpc) is 3.00. The molecule has 19 heavy (non-hydrogen) atoms. The maximum atomic E-state index is 10.6. The van der Waals surface area contributed by atoms with Gasteiger partial charge in [-0.15, -0.1) is 0 Å². The van der Waals surface area contributed by atoms with Crippen molar-refractivity contribution in [3.8, 4) is 5.75 Å². The fourth-order valence-electron chi connectivity index (χ4n) is 3.23. The summed E-state index contributed by atoms with van der Waals surface area (Å²) in [5.74, 6) is 0.716.